The largest absolute Gasteiger partial charge is 0.319 e. The SMILES string of the molecule is CCc1cccc2sc(=NC(=O)c3cc(Cl)ccc3[N+](=O)[O-])n(C)c12. The first kappa shape index (κ1) is 17.3. The molecule has 3 aromatic rings. The Kier molecular flexibility index (Phi) is 4.69. The summed E-state index contributed by atoms with van der Waals surface area (Å²) in [6, 6.07) is 9.82. The summed E-state index contributed by atoms with van der Waals surface area (Å²) >= 11 is 7.25. The van der Waals surface area contributed by atoms with E-state index < -0.39 is 10.8 Å². The fourth-order valence-electron chi connectivity index (χ4n) is 2.66. The minimum absolute atomic E-state index is 0.120. The van der Waals surface area contributed by atoms with E-state index in [-0.39, 0.29) is 16.3 Å². The summed E-state index contributed by atoms with van der Waals surface area (Å²) in [4.78, 5) is 27.7. The lowest BCUT2D eigenvalue weighted by molar-refractivity contribution is -0.385. The number of nitro benzene ring substituents is 1. The van der Waals surface area contributed by atoms with Crippen LogP contribution in [0.25, 0.3) is 10.2 Å². The highest BCUT2D eigenvalue weighted by Crippen LogP contribution is 2.24. The van der Waals surface area contributed by atoms with E-state index in [9.17, 15) is 14.9 Å². The Labute approximate surface area is 152 Å². The minimum Gasteiger partial charge on any atom is -0.319 e. The van der Waals surface area contributed by atoms with Crippen molar-refractivity contribution in [3.8, 4) is 0 Å². The van der Waals surface area contributed by atoms with Gasteiger partial charge in [0.25, 0.3) is 11.6 Å². The highest BCUT2D eigenvalue weighted by atomic mass is 35.5. The molecule has 8 heteroatoms. The van der Waals surface area contributed by atoms with E-state index >= 15 is 0 Å². The van der Waals surface area contributed by atoms with E-state index in [1.54, 1.807) is 0 Å². The zero-order valence-electron chi connectivity index (χ0n) is 13.5. The molecular formula is C17H14ClN3O3S. The van der Waals surface area contributed by atoms with E-state index in [0.717, 1.165) is 22.2 Å². The number of aromatic nitrogens is 1. The van der Waals surface area contributed by atoms with Crippen LogP contribution < -0.4 is 4.80 Å². The molecule has 1 amide bonds. The average molecular weight is 376 g/mol. The van der Waals surface area contributed by atoms with Crippen LogP contribution >= 0.6 is 22.9 Å². The summed E-state index contributed by atoms with van der Waals surface area (Å²) in [5.74, 6) is -0.686. The van der Waals surface area contributed by atoms with Gasteiger partial charge in [-0.3, -0.25) is 14.9 Å². The molecule has 2 aromatic carbocycles. The van der Waals surface area contributed by atoms with Crippen LogP contribution in [-0.4, -0.2) is 15.4 Å². The van der Waals surface area contributed by atoms with Gasteiger partial charge in [-0.25, -0.2) is 0 Å². The Bertz CT molecular complexity index is 1070. The van der Waals surface area contributed by atoms with Crippen LogP contribution in [0.5, 0.6) is 0 Å². The van der Waals surface area contributed by atoms with E-state index in [1.807, 2.05) is 29.8 Å². The highest BCUT2D eigenvalue weighted by Gasteiger charge is 2.20. The smallest absolute Gasteiger partial charge is 0.286 e. The van der Waals surface area contributed by atoms with Crippen LogP contribution in [0.15, 0.2) is 41.4 Å². The molecule has 0 saturated heterocycles. The van der Waals surface area contributed by atoms with Gasteiger partial charge in [-0.2, -0.15) is 4.99 Å². The number of amides is 1. The molecule has 1 aromatic heterocycles. The molecular weight excluding hydrogens is 362 g/mol. The first-order valence-corrected chi connectivity index (χ1v) is 8.72. The van der Waals surface area contributed by atoms with E-state index in [0.29, 0.717) is 4.80 Å². The number of fused-ring (bicyclic) bond motifs is 1. The summed E-state index contributed by atoms with van der Waals surface area (Å²) in [7, 11) is 1.83. The number of aryl methyl sites for hydroxylation is 2. The summed E-state index contributed by atoms with van der Waals surface area (Å²) in [5.41, 5.74) is 1.74. The first-order chi connectivity index (χ1) is 11.9. The lowest BCUT2D eigenvalue weighted by Gasteiger charge is -2.02. The molecule has 0 radical (unpaired) electrons. The summed E-state index contributed by atoms with van der Waals surface area (Å²) in [6.07, 6.45) is 0.856. The lowest BCUT2D eigenvalue weighted by Crippen LogP contribution is -2.14. The molecule has 0 atom stereocenters. The van der Waals surface area contributed by atoms with E-state index in [4.69, 9.17) is 11.6 Å². The van der Waals surface area contributed by atoms with Crippen molar-refractivity contribution in [3.63, 3.8) is 0 Å². The van der Waals surface area contributed by atoms with Crippen LogP contribution in [0, 0.1) is 10.1 Å². The second kappa shape index (κ2) is 6.78. The Morgan fingerprint density at radius 3 is 2.80 bits per heavy atom. The molecule has 6 nitrogen and oxygen atoms in total. The number of benzene rings is 2. The molecule has 1 heterocycles. The molecule has 3 rings (SSSR count). The molecule has 25 heavy (non-hydrogen) atoms. The number of hydrogen-bond acceptors (Lipinski definition) is 4. The molecule has 128 valence electrons. The molecule has 0 aliphatic heterocycles. The van der Waals surface area contributed by atoms with Crippen molar-refractivity contribution in [1.29, 1.82) is 0 Å². The third-order valence-electron chi connectivity index (χ3n) is 3.87. The third-order valence-corrected chi connectivity index (χ3v) is 5.20. The molecule has 0 fully saturated rings. The Morgan fingerprint density at radius 2 is 2.12 bits per heavy atom. The summed E-state index contributed by atoms with van der Waals surface area (Å²) < 4.78 is 2.85. The van der Waals surface area contributed by atoms with Crippen molar-refractivity contribution < 1.29 is 9.72 Å². The summed E-state index contributed by atoms with van der Waals surface area (Å²) in [5, 5.41) is 11.4. The monoisotopic (exact) mass is 375 g/mol. The Morgan fingerprint density at radius 1 is 1.36 bits per heavy atom. The van der Waals surface area contributed by atoms with Crippen molar-refractivity contribution >= 4 is 44.7 Å². The number of nitro groups is 1. The minimum atomic E-state index is -0.686. The van der Waals surface area contributed by atoms with Gasteiger partial charge in [-0.1, -0.05) is 42.0 Å². The Hall–Kier alpha value is -2.51. The van der Waals surface area contributed by atoms with Crippen LogP contribution in [0.1, 0.15) is 22.8 Å². The van der Waals surface area contributed by atoms with Gasteiger partial charge in [0.1, 0.15) is 5.56 Å². The maximum atomic E-state index is 12.5. The predicted octanol–water partition coefficient (Wildman–Crippen LogP) is 4.10. The van der Waals surface area contributed by atoms with Gasteiger partial charge in [0.05, 0.1) is 15.1 Å². The maximum absolute atomic E-state index is 12.5. The van der Waals surface area contributed by atoms with Crippen LogP contribution in [0.3, 0.4) is 0 Å². The molecule has 0 saturated carbocycles. The van der Waals surface area contributed by atoms with Crippen LogP contribution in [0.2, 0.25) is 5.02 Å². The van der Waals surface area contributed by atoms with Gasteiger partial charge in [-0.15, -0.1) is 0 Å². The predicted molar refractivity (Wildman–Crippen MR) is 98.2 cm³/mol. The molecule has 0 aliphatic carbocycles. The Balaban J connectivity index is 2.18. The van der Waals surface area contributed by atoms with Crippen molar-refractivity contribution in [1.82, 2.24) is 4.57 Å². The number of nitrogens with zero attached hydrogens (tertiary/aromatic N) is 3. The highest BCUT2D eigenvalue weighted by molar-refractivity contribution is 7.16. The number of halogens is 1. The number of thiazole rings is 1. The molecule has 0 bridgehead atoms. The number of rotatable bonds is 3. The first-order valence-electron chi connectivity index (χ1n) is 7.52. The van der Waals surface area contributed by atoms with Gasteiger partial charge in [0.15, 0.2) is 4.80 Å². The van der Waals surface area contributed by atoms with Crippen molar-refractivity contribution in [2.75, 3.05) is 0 Å². The normalized spacial score (nSPS) is 11.9. The van der Waals surface area contributed by atoms with Gasteiger partial charge >= 0.3 is 0 Å². The number of hydrogen-bond donors (Lipinski definition) is 0. The fourth-order valence-corrected chi connectivity index (χ4v) is 3.90. The molecule has 0 N–H and O–H groups in total. The topological polar surface area (TPSA) is 77.5 Å². The van der Waals surface area contributed by atoms with Gasteiger partial charge in [0, 0.05) is 18.1 Å². The zero-order valence-corrected chi connectivity index (χ0v) is 15.1. The van der Waals surface area contributed by atoms with Crippen molar-refractivity contribution in [3.05, 3.63) is 67.5 Å². The molecule has 0 spiro atoms. The van der Waals surface area contributed by atoms with E-state index in [1.165, 1.54) is 29.5 Å². The number of carbonyl (C=O) groups excluding carboxylic acids is 1. The van der Waals surface area contributed by atoms with Crippen molar-refractivity contribution in [2.24, 2.45) is 12.0 Å². The van der Waals surface area contributed by atoms with Gasteiger partial charge < -0.3 is 4.57 Å². The second-order valence-corrected chi connectivity index (χ2v) is 6.84. The van der Waals surface area contributed by atoms with Gasteiger partial charge in [0.2, 0.25) is 0 Å². The van der Waals surface area contributed by atoms with Crippen LogP contribution in [-0.2, 0) is 13.5 Å². The number of para-hydroxylation sites is 1. The quantitative estimate of drug-likeness (QED) is 0.510. The summed E-state index contributed by atoms with van der Waals surface area (Å²) in [6.45, 7) is 2.06. The standard InChI is InChI=1S/C17H14ClN3O3S/c1-3-10-5-4-6-14-15(10)20(2)17(25-14)19-16(22)12-9-11(18)7-8-13(12)21(23)24/h4-9H,3H2,1-2H3. The van der Waals surface area contributed by atoms with Gasteiger partial charge in [-0.05, 0) is 30.2 Å². The fraction of sp³-hybridized carbons (Fsp3) is 0.176. The van der Waals surface area contributed by atoms with Crippen LogP contribution in [0.4, 0.5) is 5.69 Å². The zero-order chi connectivity index (χ0) is 18.1. The van der Waals surface area contributed by atoms with Crippen molar-refractivity contribution in [2.45, 2.75) is 13.3 Å². The molecule has 0 unspecified atom stereocenters. The third kappa shape index (κ3) is 3.20. The number of carbonyl (C=O) groups is 1. The maximum Gasteiger partial charge on any atom is 0.286 e. The second-order valence-electron chi connectivity index (χ2n) is 5.40. The molecule has 0 aliphatic rings. The lowest BCUT2D eigenvalue weighted by atomic mass is 10.1. The average Bonchev–Trinajstić information content (AvgIpc) is 2.90. The van der Waals surface area contributed by atoms with E-state index in [2.05, 4.69) is 11.9 Å².